The number of aromatic amines is 1. The Hall–Kier alpha value is -3.35. The molecule has 1 atom stereocenters. The topological polar surface area (TPSA) is 89.0 Å². The van der Waals surface area contributed by atoms with E-state index in [1.165, 1.54) is 0 Å². The zero-order chi connectivity index (χ0) is 23.2. The minimum absolute atomic E-state index is 0.0303. The number of methoxy groups -OCH3 is 1. The highest BCUT2D eigenvalue weighted by Crippen LogP contribution is 2.41. The van der Waals surface area contributed by atoms with Crippen molar-refractivity contribution in [2.45, 2.75) is 58.4 Å². The van der Waals surface area contributed by atoms with Gasteiger partial charge in [-0.3, -0.25) is 9.59 Å². The second-order valence-electron chi connectivity index (χ2n) is 9.95. The van der Waals surface area contributed by atoms with Crippen LogP contribution in [0.25, 0.3) is 5.69 Å². The lowest BCUT2D eigenvalue weighted by atomic mass is 9.74. The van der Waals surface area contributed by atoms with Gasteiger partial charge in [-0.2, -0.15) is 5.10 Å². The maximum Gasteiger partial charge on any atom is 0.261 e. The highest BCUT2D eigenvalue weighted by Gasteiger charge is 2.36. The third-order valence-corrected chi connectivity index (χ3v) is 6.88. The molecule has 0 bridgehead atoms. The maximum atomic E-state index is 13.2. The monoisotopic (exact) mass is 446 g/mol. The second kappa shape index (κ2) is 8.21. The predicted octanol–water partition coefficient (Wildman–Crippen LogP) is 3.89. The van der Waals surface area contributed by atoms with E-state index in [1.54, 1.807) is 13.2 Å². The number of pyridine rings is 1. The molecule has 2 aliphatic rings. The van der Waals surface area contributed by atoms with Gasteiger partial charge in [-0.05, 0) is 79.8 Å². The number of aryl methyl sites for hydroxylation is 2. The summed E-state index contributed by atoms with van der Waals surface area (Å²) in [6.07, 6.45) is 7.41. The fourth-order valence-corrected chi connectivity index (χ4v) is 5.20. The summed E-state index contributed by atoms with van der Waals surface area (Å²) < 4.78 is 7.22. The first-order valence-electron chi connectivity index (χ1n) is 11.6. The molecule has 0 saturated heterocycles. The lowest BCUT2D eigenvalue weighted by Gasteiger charge is -2.36. The number of H-pyrrole nitrogens is 1. The molecule has 0 saturated carbocycles. The number of fused-ring (bicyclic) bond motifs is 2. The van der Waals surface area contributed by atoms with Gasteiger partial charge in [-0.1, -0.05) is 13.8 Å². The number of hydrogen-bond donors (Lipinski definition) is 2. The number of rotatable bonds is 4. The fraction of sp³-hybridized carbons (Fsp3) is 0.423. The van der Waals surface area contributed by atoms with Crippen molar-refractivity contribution >= 4 is 5.91 Å². The molecule has 1 aromatic carbocycles. The van der Waals surface area contributed by atoms with E-state index in [1.807, 2.05) is 35.1 Å². The number of benzene rings is 1. The zero-order valence-corrected chi connectivity index (χ0v) is 19.4. The molecule has 0 spiro atoms. The average molecular weight is 447 g/mol. The van der Waals surface area contributed by atoms with Gasteiger partial charge < -0.3 is 15.0 Å². The van der Waals surface area contributed by atoms with E-state index in [4.69, 9.17) is 4.74 Å². The standard InChI is InChI=1S/C26H30N4O3/c1-26(2)13-22(29-25(32)19-12-16-6-4-5-7-21(16)28-24(19)31)20-15-27-30(23(20)14-26)17-8-10-18(33-3)11-9-17/h8-12,15,22H,4-7,13-14H2,1-3H3,(H,28,31)(H,29,32). The quantitative estimate of drug-likeness (QED) is 0.636. The van der Waals surface area contributed by atoms with Crippen molar-refractivity contribution in [3.8, 4) is 11.4 Å². The number of carbonyl (C=O) groups is 1. The van der Waals surface area contributed by atoms with Crippen molar-refractivity contribution < 1.29 is 9.53 Å². The molecule has 2 N–H and O–H groups in total. The lowest BCUT2D eigenvalue weighted by molar-refractivity contribution is 0.0917. The first kappa shape index (κ1) is 21.5. The minimum Gasteiger partial charge on any atom is -0.497 e. The van der Waals surface area contributed by atoms with E-state index >= 15 is 0 Å². The number of hydrogen-bond acceptors (Lipinski definition) is 4. The van der Waals surface area contributed by atoms with Gasteiger partial charge in [0.15, 0.2) is 0 Å². The first-order chi connectivity index (χ1) is 15.8. The van der Waals surface area contributed by atoms with E-state index < -0.39 is 0 Å². The van der Waals surface area contributed by atoms with Crippen LogP contribution >= 0.6 is 0 Å². The van der Waals surface area contributed by atoms with Gasteiger partial charge in [0.25, 0.3) is 11.5 Å². The molecule has 1 unspecified atom stereocenters. The van der Waals surface area contributed by atoms with Gasteiger partial charge in [0, 0.05) is 11.3 Å². The van der Waals surface area contributed by atoms with Crippen LogP contribution < -0.4 is 15.6 Å². The van der Waals surface area contributed by atoms with Crippen molar-refractivity contribution in [3.63, 3.8) is 0 Å². The number of nitrogens with zero attached hydrogens (tertiary/aromatic N) is 2. The molecule has 3 aromatic rings. The summed E-state index contributed by atoms with van der Waals surface area (Å²) in [4.78, 5) is 28.8. The molecule has 0 radical (unpaired) electrons. The Balaban J connectivity index is 1.46. The van der Waals surface area contributed by atoms with E-state index in [0.717, 1.165) is 72.5 Å². The van der Waals surface area contributed by atoms with Crippen molar-refractivity contribution in [2.24, 2.45) is 5.41 Å². The second-order valence-corrected chi connectivity index (χ2v) is 9.95. The minimum atomic E-state index is -0.324. The Morgan fingerprint density at radius 1 is 1.21 bits per heavy atom. The molecule has 5 rings (SSSR count). The van der Waals surface area contributed by atoms with Crippen molar-refractivity contribution in [1.82, 2.24) is 20.1 Å². The molecule has 7 heteroatoms. The Labute approximate surface area is 193 Å². The van der Waals surface area contributed by atoms with Crippen molar-refractivity contribution in [1.29, 1.82) is 0 Å². The van der Waals surface area contributed by atoms with Crippen LogP contribution in [0, 0.1) is 5.41 Å². The molecule has 1 amide bonds. The molecule has 0 aliphatic heterocycles. The number of amides is 1. The third kappa shape index (κ3) is 4.08. The molecule has 7 nitrogen and oxygen atoms in total. The summed E-state index contributed by atoms with van der Waals surface area (Å²) in [5.41, 5.74) is 4.96. The Morgan fingerprint density at radius 3 is 2.73 bits per heavy atom. The zero-order valence-electron chi connectivity index (χ0n) is 19.4. The molecular weight excluding hydrogens is 416 g/mol. The Morgan fingerprint density at radius 2 is 1.97 bits per heavy atom. The molecule has 33 heavy (non-hydrogen) atoms. The van der Waals surface area contributed by atoms with Crippen molar-refractivity contribution in [3.05, 3.63) is 75.0 Å². The summed E-state index contributed by atoms with van der Waals surface area (Å²) in [6.45, 7) is 4.40. The van der Waals surface area contributed by atoms with E-state index in [0.29, 0.717) is 0 Å². The van der Waals surface area contributed by atoms with Gasteiger partial charge in [0.05, 0.1) is 30.7 Å². The van der Waals surface area contributed by atoms with Crippen LogP contribution in [0.3, 0.4) is 0 Å². The molecular formula is C26H30N4O3. The summed E-state index contributed by atoms with van der Waals surface area (Å²) in [5, 5.41) is 7.80. The molecule has 0 fully saturated rings. The number of carbonyl (C=O) groups excluding carboxylic acids is 1. The highest BCUT2D eigenvalue weighted by molar-refractivity contribution is 5.94. The van der Waals surface area contributed by atoms with Crippen molar-refractivity contribution in [2.75, 3.05) is 7.11 Å². The van der Waals surface area contributed by atoms with Crippen LogP contribution in [-0.4, -0.2) is 27.8 Å². The normalized spacial score (nSPS) is 18.8. The smallest absolute Gasteiger partial charge is 0.261 e. The van der Waals surface area contributed by atoms with E-state index in [2.05, 4.69) is 29.2 Å². The highest BCUT2D eigenvalue weighted by atomic mass is 16.5. The van der Waals surface area contributed by atoms with Gasteiger partial charge >= 0.3 is 0 Å². The molecule has 2 heterocycles. The summed E-state index contributed by atoms with van der Waals surface area (Å²) >= 11 is 0. The SMILES string of the molecule is COc1ccc(-n2ncc3c2CC(C)(C)CC3NC(=O)c2cc3c([nH]c2=O)CCCC3)cc1. The Kier molecular flexibility index (Phi) is 5.35. The lowest BCUT2D eigenvalue weighted by Crippen LogP contribution is -2.38. The van der Waals surface area contributed by atoms with E-state index in [9.17, 15) is 9.59 Å². The third-order valence-electron chi connectivity index (χ3n) is 6.88. The maximum absolute atomic E-state index is 13.2. The molecule has 2 aromatic heterocycles. The summed E-state index contributed by atoms with van der Waals surface area (Å²) in [6, 6.07) is 9.37. The van der Waals surface area contributed by atoms with Gasteiger partial charge in [0.2, 0.25) is 0 Å². The van der Waals surface area contributed by atoms with Crippen LogP contribution in [0.2, 0.25) is 0 Å². The number of ether oxygens (including phenoxy) is 1. The van der Waals surface area contributed by atoms with Gasteiger partial charge in [-0.25, -0.2) is 4.68 Å². The number of aromatic nitrogens is 3. The largest absolute Gasteiger partial charge is 0.497 e. The van der Waals surface area contributed by atoms with Crippen LogP contribution in [-0.2, 0) is 19.3 Å². The first-order valence-corrected chi connectivity index (χ1v) is 11.6. The fourth-order valence-electron chi connectivity index (χ4n) is 5.20. The van der Waals surface area contributed by atoms with Crippen LogP contribution in [0.15, 0.2) is 41.3 Å². The predicted molar refractivity (Wildman–Crippen MR) is 126 cm³/mol. The van der Waals surface area contributed by atoms with Gasteiger partial charge in [-0.15, -0.1) is 0 Å². The van der Waals surface area contributed by atoms with Crippen LogP contribution in [0.4, 0.5) is 0 Å². The van der Waals surface area contributed by atoms with E-state index in [-0.39, 0.29) is 28.5 Å². The Bertz CT molecular complexity index is 1250. The summed E-state index contributed by atoms with van der Waals surface area (Å²) in [7, 11) is 1.65. The summed E-state index contributed by atoms with van der Waals surface area (Å²) in [5.74, 6) is 0.469. The van der Waals surface area contributed by atoms with Crippen LogP contribution in [0.1, 0.15) is 72.0 Å². The van der Waals surface area contributed by atoms with Crippen LogP contribution in [0.5, 0.6) is 5.75 Å². The average Bonchev–Trinajstić information content (AvgIpc) is 3.21. The van der Waals surface area contributed by atoms with Gasteiger partial charge in [0.1, 0.15) is 11.3 Å². The molecule has 172 valence electrons. The molecule has 2 aliphatic carbocycles. The number of nitrogens with one attached hydrogen (secondary N) is 2.